The molecule has 1 aliphatic heterocycles. The Morgan fingerprint density at radius 2 is 2.15 bits per heavy atom. The molecule has 2 atom stereocenters. The molecule has 2 heterocycles. The molecule has 1 spiro atoms. The van der Waals surface area contributed by atoms with E-state index in [1.807, 2.05) is 6.92 Å². The van der Waals surface area contributed by atoms with Crippen LogP contribution in [0, 0.1) is 24.1 Å². The number of nitrogens with zero attached hydrogens (tertiary/aromatic N) is 2. The van der Waals surface area contributed by atoms with Gasteiger partial charge in [0, 0.05) is 11.5 Å². The average Bonchev–Trinajstić information content (AvgIpc) is 3.09. The van der Waals surface area contributed by atoms with E-state index in [9.17, 15) is 9.18 Å². The van der Waals surface area contributed by atoms with Crippen molar-refractivity contribution in [2.45, 2.75) is 39.2 Å². The molecule has 146 valence electrons. The topological polar surface area (TPSA) is 80.0 Å². The van der Waals surface area contributed by atoms with Gasteiger partial charge in [0.1, 0.15) is 11.9 Å². The molecule has 1 aliphatic carbocycles. The van der Waals surface area contributed by atoms with Crippen molar-refractivity contribution in [3.63, 3.8) is 0 Å². The Morgan fingerprint density at radius 3 is 2.85 bits per heavy atom. The number of aryl methyl sites for hydroxylation is 1. The molecular formula is C19H24ClFN4O2. The van der Waals surface area contributed by atoms with Crippen LogP contribution < -0.4 is 10.6 Å². The minimum atomic E-state index is -0.376. The summed E-state index contributed by atoms with van der Waals surface area (Å²) in [5.74, 6) is 0.480. The molecule has 2 aliphatic rings. The largest absolute Gasteiger partial charge is 0.344 e. The van der Waals surface area contributed by atoms with Crippen LogP contribution in [0.1, 0.15) is 43.7 Å². The fourth-order valence-electron chi connectivity index (χ4n) is 3.83. The molecule has 1 amide bonds. The van der Waals surface area contributed by atoms with Crippen molar-refractivity contribution in [3.05, 3.63) is 35.5 Å². The zero-order chi connectivity index (χ0) is 18.3. The summed E-state index contributed by atoms with van der Waals surface area (Å²) in [5.41, 5.74) is 1.31. The number of hydrogen-bond donors (Lipinski definition) is 2. The van der Waals surface area contributed by atoms with Crippen LogP contribution in [0.3, 0.4) is 0 Å². The van der Waals surface area contributed by atoms with Crippen molar-refractivity contribution < 1.29 is 13.7 Å². The monoisotopic (exact) mass is 394 g/mol. The van der Waals surface area contributed by atoms with Gasteiger partial charge in [0.25, 0.3) is 0 Å². The molecule has 1 saturated carbocycles. The summed E-state index contributed by atoms with van der Waals surface area (Å²) in [6.07, 6.45) is 3.08. The summed E-state index contributed by atoms with van der Waals surface area (Å²) in [6.45, 7) is 5.49. The first-order valence-electron chi connectivity index (χ1n) is 9.10. The van der Waals surface area contributed by atoms with E-state index in [0.717, 1.165) is 32.4 Å². The number of aromatic nitrogens is 2. The van der Waals surface area contributed by atoms with E-state index >= 15 is 0 Å². The smallest absolute Gasteiger partial charge is 0.249 e. The lowest BCUT2D eigenvalue weighted by Crippen LogP contribution is -2.34. The summed E-state index contributed by atoms with van der Waals surface area (Å²) < 4.78 is 19.0. The lowest BCUT2D eigenvalue weighted by atomic mass is 9.91. The summed E-state index contributed by atoms with van der Waals surface area (Å²) in [5, 5.41) is 10.2. The quantitative estimate of drug-likeness (QED) is 0.832. The summed E-state index contributed by atoms with van der Waals surface area (Å²) >= 11 is 0. The molecule has 0 bridgehead atoms. The second-order valence-corrected chi connectivity index (χ2v) is 7.52. The van der Waals surface area contributed by atoms with Crippen LogP contribution in [0.5, 0.6) is 0 Å². The van der Waals surface area contributed by atoms with Crippen LogP contribution >= 0.6 is 12.4 Å². The van der Waals surface area contributed by atoms with E-state index in [1.165, 1.54) is 6.07 Å². The van der Waals surface area contributed by atoms with Crippen LogP contribution in [0.25, 0.3) is 11.4 Å². The van der Waals surface area contributed by atoms with Crippen LogP contribution in [0.2, 0.25) is 0 Å². The molecule has 2 N–H and O–H groups in total. The highest BCUT2D eigenvalue weighted by atomic mass is 35.5. The Morgan fingerprint density at radius 1 is 1.41 bits per heavy atom. The lowest BCUT2D eigenvalue weighted by Gasteiger charge is -2.23. The summed E-state index contributed by atoms with van der Waals surface area (Å²) in [4.78, 5) is 16.9. The Bertz CT molecular complexity index is 835. The number of amides is 1. The fourth-order valence-corrected chi connectivity index (χ4v) is 3.83. The highest BCUT2D eigenvalue weighted by molar-refractivity contribution is 5.85. The molecule has 1 aromatic heterocycles. The predicted octanol–water partition coefficient (Wildman–Crippen LogP) is 3.17. The number of rotatable bonds is 4. The van der Waals surface area contributed by atoms with Crippen molar-refractivity contribution in [3.8, 4) is 11.4 Å². The number of hydrogen-bond acceptors (Lipinski definition) is 5. The zero-order valence-corrected chi connectivity index (χ0v) is 16.2. The number of carbonyl (C=O) groups is 1. The molecule has 2 aromatic rings. The first kappa shape index (κ1) is 19.8. The van der Waals surface area contributed by atoms with Gasteiger partial charge in [-0.05, 0) is 63.2 Å². The molecule has 2 unspecified atom stereocenters. The normalized spacial score (nSPS) is 21.4. The highest BCUT2D eigenvalue weighted by Crippen LogP contribution is 2.58. The lowest BCUT2D eigenvalue weighted by molar-refractivity contribution is -0.124. The minimum Gasteiger partial charge on any atom is -0.344 e. The van der Waals surface area contributed by atoms with Crippen molar-refractivity contribution in [2.24, 2.45) is 11.3 Å². The van der Waals surface area contributed by atoms with Gasteiger partial charge in [-0.25, -0.2) is 4.39 Å². The van der Waals surface area contributed by atoms with Gasteiger partial charge >= 0.3 is 0 Å². The van der Waals surface area contributed by atoms with Gasteiger partial charge in [-0.15, -0.1) is 12.4 Å². The highest BCUT2D eigenvalue weighted by Gasteiger charge is 2.57. The van der Waals surface area contributed by atoms with E-state index in [2.05, 4.69) is 20.8 Å². The number of piperidine rings is 1. The maximum Gasteiger partial charge on any atom is 0.249 e. The predicted molar refractivity (Wildman–Crippen MR) is 101 cm³/mol. The van der Waals surface area contributed by atoms with E-state index in [-0.39, 0.29) is 41.5 Å². The second kappa shape index (κ2) is 7.56. The van der Waals surface area contributed by atoms with Crippen LogP contribution in [0.4, 0.5) is 4.39 Å². The summed E-state index contributed by atoms with van der Waals surface area (Å²) in [6, 6.07) is 4.44. The van der Waals surface area contributed by atoms with E-state index in [4.69, 9.17) is 4.52 Å². The second-order valence-electron chi connectivity index (χ2n) is 7.52. The van der Waals surface area contributed by atoms with E-state index < -0.39 is 0 Å². The van der Waals surface area contributed by atoms with E-state index in [1.54, 1.807) is 19.1 Å². The van der Waals surface area contributed by atoms with Gasteiger partial charge in [0.2, 0.25) is 17.6 Å². The molecule has 4 rings (SSSR count). The average molecular weight is 395 g/mol. The molecule has 8 heteroatoms. The number of benzene rings is 1. The standard InChI is InChI=1S/C19H23FN4O2.ClH/c1-11-3-4-13(9-15(11)20)16-23-18(26-24-16)12(2)22-17(25)14-10-19(14)5-7-21-8-6-19;/h3-4,9,12,14,21H,5-8,10H2,1-2H3,(H,22,25);1H. The first-order chi connectivity index (χ1) is 12.5. The Kier molecular flexibility index (Phi) is 5.53. The zero-order valence-electron chi connectivity index (χ0n) is 15.4. The van der Waals surface area contributed by atoms with Gasteiger partial charge in [0.15, 0.2) is 0 Å². The third kappa shape index (κ3) is 3.84. The molecule has 27 heavy (non-hydrogen) atoms. The van der Waals surface area contributed by atoms with Crippen LogP contribution in [-0.4, -0.2) is 29.1 Å². The van der Waals surface area contributed by atoms with Gasteiger partial charge < -0.3 is 15.2 Å². The molecular weight excluding hydrogens is 371 g/mol. The van der Waals surface area contributed by atoms with Gasteiger partial charge in [-0.1, -0.05) is 17.3 Å². The SMILES string of the molecule is Cc1ccc(-c2noc(C(C)NC(=O)C3CC34CCNCC4)n2)cc1F.Cl. The Labute approximate surface area is 163 Å². The first-order valence-corrected chi connectivity index (χ1v) is 9.10. The van der Waals surface area contributed by atoms with Gasteiger partial charge in [-0.2, -0.15) is 4.98 Å². The molecule has 0 radical (unpaired) electrons. The van der Waals surface area contributed by atoms with E-state index in [0.29, 0.717) is 22.8 Å². The number of halogens is 2. The Hall–Kier alpha value is -1.99. The molecule has 1 saturated heterocycles. The van der Waals surface area contributed by atoms with Crippen molar-refractivity contribution in [1.29, 1.82) is 0 Å². The van der Waals surface area contributed by atoms with Crippen LogP contribution in [-0.2, 0) is 4.79 Å². The Balaban J connectivity index is 0.00000210. The van der Waals surface area contributed by atoms with Gasteiger partial charge in [0.05, 0.1) is 0 Å². The van der Waals surface area contributed by atoms with Crippen molar-refractivity contribution in [1.82, 2.24) is 20.8 Å². The maximum absolute atomic E-state index is 13.7. The molecule has 2 fully saturated rings. The molecule has 6 nitrogen and oxygen atoms in total. The van der Waals surface area contributed by atoms with Crippen molar-refractivity contribution in [2.75, 3.05) is 13.1 Å². The fraction of sp³-hybridized carbons (Fsp3) is 0.526. The summed E-state index contributed by atoms with van der Waals surface area (Å²) in [7, 11) is 0. The van der Waals surface area contributed by atoms with Gasteiger partial charge in [-0.3, -0.25) is 4.79 Å². The third-order valence-electron chi connectivity index (χ3n) is 5.71. The number of nitrogens with one attached hydrogen (secondary N) is 2. The number of carbonyl (C=O) groups excluding carboxylic acids is 1. The van der Waals surface area contributed by atoms with Crippen molar-refractivity contribution >= 4 is 18.3 Å². The minimum absolute atomic E-state index is 0. The molecule has 1 aromatic carbocycles. The third-order valence-corrected chi connectivity index (χ3v) is 5.71. The maximum atomic E-state index is 13.7. The van der Waals surface area contributed by atoms with Crippen LogP contribution in [0.15, 0.2) is 22.7 Å².